The molecule has 4 rings (SSSR count). The number of anilines is 1. The molecule has 174 valence electrons. The molecule has 1 aliphatic rings. The molecule has 0 saturated heterocycles. The summed E-state index contributed by atoms with van der Waals surface area (Å²) in [5.41, 5.74) is 2.04. The van der Waals surface area contributed by atoms with E-state index < -0.39 is 23.9 Å². The van der Waals surface area contributed by atoms with Crippen molar-refractivity contribution in [1.29, 1.82) is 5.26 Å². The number of fused-ring (bicyclic) bond motifs is 3. The van der Waals surface area contributed by atoms with Gasteiger partial charge in [-0.1, -0.05) is 12.1 Å². The minimum absolute atomic E-state index is 0.0824. The van der Waals surface area contributed by atoms with Crippen molar-refractivity contribution in [3.05, 3.63) is 66.0 Å². The van der Waals surface area contributed by atoms with E-state index in [1.54, 1.807) is 36.2 Å². The van der Waals surface area contributed by atoms with Gasteiger partial charge in [0.1, 0.15) is 17.5 Å². The molecule has 2 heterocycles. The predicted octanol–water partition coefficient (Wildman–Crippen LogP) is 3.69. The first-order valence-electron chi connectivity index (χ1n) is 10.1. The van der Waals surface area contributed by atoms with Crippen molar-refractivity contribution < 1.29 is 27.5 Å². The zero-order chi connectivity index (χ0) is 24.5. The van der Waals surface area contributed by atoms with Gasteiger partial charge in [0, 0.05) is 18.3 Å². The van der Waals surface area contributed by atoms with Gasteiger partial charge in [0.05, 0.1) is 23.6 Å². The number of alkyl halides is 3. The third kappa shape index (κ3) is 4.92. The number of benzene rings is 2. The SMILES string of the molecule is CN(CC(=O)Nc1ccc(OC(F)(F)F)cc1)CC1=CC(=O)n2c(nc3ccccc32)C1C#N. The molecule has 1 N–H and O–H groups in total. The summed E-state index contributed by atoms with van der Waals surface area (Å²) in [6.07, 6.45) is -3.41. The number of carbonyl (C=O) groups is 2. The second-order valence-corrected chi connectivity index (χ2v) is 7.71. The molecule has 2 aromatic carbocycles. The molecular weight excluding hydrogens is 451 g/mol. The van der Waals surface area contributed by atoms with Crippen LogP contribution in [0.1, 0.15) is 16.5 Å². The maximum absolute atomic E-state index is 12.8. The van der Waals surface area contributed by atoms with Gasteiger partial charge in [-0.2, -0.15) is 5.26 Å². The van der Waals surface area contributed by atoms with Crippen LogP contribution in [0.15, 0.2) is 60.2 Å². The summed E-state index contributed by atoms with van der Waals surface area (Å²) in [4.78, 5) is 31.2. The Morgan fingerprint density at radius 2 is 1.94 bits per heavy atom. The number of rotatable bonds is 6. The van der Waals surface area contributed by atoms with Crippen LogP contribution in [0.4, 0.5) is 18.9 Å². The Bertz CT molecular complexity index is 1320. The molecule has 0 fully saturated rings. The monoisotopic (exact) mass is 469 g/mol. The van der Waals surface area contributed by atoms with Crippen molar-refractivity contribution in [3.63, 3.8) is 0 Å². The highest BCUT2D eigenvalue weighted by Gasteiger charge is 2.32. The van der Waals surface area contributed by atoms with E-state index in [2.05, 4.69) is 21.1 Å². The molecule has 1 unspecified atom stereocenters. The topological polar surface area (TPSA) is 100 Å². The van der Waals surface area contributed by atoms with Crippen LogP contribution in [0.2, 0.25) is 0 Å². The molecular formula is C23H18F3N5O3. The number of amides is 1. The maximum Gasteiger partial charge on any atom is 0.573 e. The number of aromatic nitrogens is 2. The molecule has 1 aliphatic heterocycles. The van der Waals surface area contributed by atoms with E-state index in [1.807, 2.05) is 0 Å². The molecule has 0 aliphatic carbocycles. The van der Waals surface area contributed by atoms with Gasteiger partial charge in [-0.3, -0.25) is 19.1 Å². The highest BCUT2D eigenvalue weighted by Crippen LogP contribution is 2.31. The highest BCUT2D eigenvalue weighted by atomic mass is 19.4. The van der Waals surface area contributed by atoms with Crippen molar-refractivity contribution in [2.75, 3.05) is 25.5 Å². The molecule has 34 heavy (non-hydrogen) atoms. The van der Waals surface area contributed by atoms with Gasteiger partial charge in [-0.15, -0.1) is 13.2 Å². The van der Waals surface area contributed by atoms with E-state index >= 15 is 0 Å². The Morgan fingerprint density at radius 3 is 2.62 bits per heavy atom. The van der Waals surface area contributed by atoms with E-state index in [0.717, 1.165) is 12.1 Å². The minimum Gasteiger partial charge on any atom is -0.406 e. The Balaban J connectivity index is 1.40. The van der Waals surface area contributed by atoms with Crippen molar-refractivity contribution >= 4 is 28.5 Å². The fourth-order valence-corrected chi connectivity index (χ4v) is 3.77. The van der Waals surface area contributed by atoms with Crippen LogP contribution in [-0.2, 0) is 4.79 Å². The zero-order valence-electron chi connectivity index (χ0n) is 17.8. The van der Waals surface area contributed by atoms with Crippen LogP contribution >= 0.6 is 0 Å². The van der Waals surface area contributed by atoms with Gasteiger partial charge < -0.3 is 10.1 Å². The third-order valence-electron chi connectivity index (χ3n) is 5.11. The number of nitriles is 1. The second kappa shape index (κ2) is 8.99. The van der Waals surface area contributed by atoms with Gasteiger partial charge in [-0.05, 0) is 49.0 Å². The number of likely N-dealkylation sites (N-methyl/N-ethyl adjacent to an activating group) is 1. The lowest BCUT2D eigenvalue weighted by molar-refractivity contribution is -0.274. The van der Waals surface area contributed by atoms with Crippen LogP contribution in [0.25, 0.3) is 11.0 Å². The van der Waals surface area contributed by atoms with E-state index in [0.29, 0.717) is 28.1 Å². The Kier molecular flexibility index (Phi) is 6.08. The van der Waals surface area contributed by atoms with E-state index in [9.17, 15) is 28.0 Å². The fraction of sp³-hybridized carbons (Fsp3) is 0.217. The molecule has 3 aromatic rings. The number of imidazole rings is 1. The van der Waals surface area contributed by atoms with E-state index in [-0.39, 0.29) is 19.0 Å². The fourth-order valence-electron chi connectivity index (χ4n) is 3.77. The zero-order valence-corrected chi connectivity index (χ0v) is 17.8. The van der Waals surface area contributed by atoms with Gasteiger partial charge in [-0.25, -0.2) is 4.98 Å². The predicted molar refractivity (Wildman–Crippen MR) is 116 cm³/mol. The lowest BCUT2D eigenvalue weighted by atomic mass is 9.95. The molecule has 11 heteroatoms. The summed E-state index contributed by atoms with van der Waals surface area (Å²) in [6, 6.07) is 14.1. The maximum atomic E-state index is 12.8. The van der Waals surface area contributed by atoms with Crippen LogP contribution in [-0.4, -0.2) is 52.8 Å². The molecule has 0 bridgehead atoms. The molecule has 1 aromatic heterocycles. The number of allylic oxidation sites excluding steroid dienone is 1. The minimum atomic E-state index is -4.80. The van der Waals surface area contributed by atoms with Crippen molar-refractivity contribution in [3.8, 4) is 11.8 Å². The molecule has 1 amide bonds. The first-order chi connectivity index (χ1) is 16.1. The number of halogens is 3. The van der Waals surface area contributed by atoms with E-state index in [1.165, 1.54) is 22.8 Å². The molecule has 0 saturated carbocycles. The number of nitrogens with zero attached hydrogens (tertiary/aromatic N) is 4. The summed E-state index contributed by atoms with van der Waals surface area (Å²) >= 11 is 0. The van der Waals surface area contributed by atoms with E-state index in [4.69, 9.17) is 0 Å². The number of nitrogens with one attached hydrogen (secondary N) is 1. The number of ether oxygens (including phenoxy) is 1. The Hall–Kier alpha value is -4.17. The number of hydrogen-bond donors (Lipinski definition) is 1. The van der Waals surface area contributed by atoms with Crippen LogP contribution < -0.4 is 10.1 Å². The number of para-hydroxylation sites is 2. The lowest BCUT2D eigenvalue weighted by Crippen LogP contribution is -2.34. The van der Waals surface area contributed by atoms with Crippen molar-refractivity contribution in [2.24, 2.45) is 0 Å². The first kappa shape index (κ1) is 23.0. The molecule has 8 nitrogen and oxygen atoms in total. The standard InChI is InChI=1S/C23H18F3N5O3/c1-30(13-20(32)28-15-6-8-16(9-7-15)34-23(24,25)26)12-14-10-21(33)31-19-5-3-2-4-18(19)29-22(31)17(14)11-27/h2-10,17H,12-13H2,1H3,(H,28,32). The summed E-state index contributed by atoms with van der Waals surface area (Å²) in [6.45, 7) is 0.0832. The van der Waals surface area contributed by atoms with Gasteiger partial charge >= 0.3 is 6.36 Å². The smallest absolute Gasteiger partial charge is 0.406 e. The average molecular weight is 469 g/mol. The van der Waals surface area contributed by atoms with Gasteiger partial charge in [0.15, 0.2) is 0 Å². The average Bonchev–Trinajstić information content (AvgIpc) is 3.14. The quantitative estimate of drug-likeness (QED) is 0.591. The number of hydrogen-bond acceptors (Lipinski definition) is 6. The van der Waals surface area contributed by atoms with Gasteiger partial charge in [0.2, 0.25) is 5.91 Å². The lowest BCUT2D eigenvalue weighted by Gasteiger charge is -2.24. The summed E-state index contributed by atoms with van der Waals surface area (Å²) in [5.74, 6) is -1.55. The van der Waals surface area contributed by atoms with Crippen LogP contribution in [0, 0.1) is 11.3 Å². The van der Waals surface area contributed by atoms with Crippen LogP contribution in [0.3, 0.4) is 0 Å². The summed E-state index contributed by atoms with van der Waals surface area (Å²) in [7, 11) is 1.65. The Labute approximate surface area is 191 Å². The first-order valence-corrected chi connectivity index (χ1v) is 10.1. The van der Waals surface area contributed by atoms with Gasteiger partial charge in [0.25, 0.3) is 5.91 Å². The van der Waals surface area contributed by atoms with Crippen molar-refractivity contribution in [1.82, 2.24) is 14.5 Å². The summed E-state index contributed by atoms with van der Waals surface area (Å²) in [5, 5.41) is 12.4. The normalized spacial score (nSPS) is 15.6. The molecule has 0 spiro atoms. The highest BCUT2D eigenvalue weighted by molar-refractivity contribution is 6.00. The second-order valence-electron chi connectivity index (χ2n) is 7.71. The van der Waals surface area contributed by atoms with Crippen molar-refractivity contribution in [2.45, 2.75) is 12.3 Å². The van der Waals surface area contributed by atoms with Crippen LogP contribution in [0.5, 0.6) is 5.75 Å². The number of carbonyl (C=O) groups excluding carboxylic acids is 2. The third-order valence-corrected chi connectivity index (χ3v) is 5.11. The summed E-state index contributed by atoms with van der Waals surface area (Å²) < 4.78 is 42.0. The molecule has 1 atom stereocenters. The molecule has 0 radical (unpaired) electrons. The Morgan fingerprint density at radius 1 is 1.24 bits per heavy atom. The largest absolute Gasteiger partial charge is 0.573 e.